The fourth-order valence-electron chi connectivity index (χ4n) is 3.18. The molecule has 1 aliphatic rings. The van der Waals surface area contributed by atoms with E-state index in [9.17, 15) is 4.79 Å². The Morgan fingerprint density at radius 2 is 1.86 bits per heavy atom. The average molecular weight is 406 g/mol. The average Bonchev–Trinajstić information content (AvgIpc) is 3.07. The lowest BCUT2D eigenvalue weighted by atomic mass is 10.2. The highest BCUT2D eigenvalue weighted by atomic mass is 32.1. The van der Waals surface area contributed by atoms with Gasteiger partial charge in [0.25, 0.3) is 5.91 Å². The number of benzene rings is 1. The van der Waals surface area contributed by atoms with Crippen LogP contribution < -0.4 is 14.8 Å². The van der Waals surface area contributed by atoms with Crippen LogP contribution in [0.2, 0.25) is 0 Å². The van der Waals surface area contributed by atoms with Crippen LogP contribution in [0.1, 0.15) is 26.5 Å². The van der Waals surface area contributed by atoms with Gasteiger partial charge in [-0.25, -0.2) is 4.98 Å². The van der Waals surface area contributed by atoms with Crippen LogP contribution in [-0.2, 0) is 16.1 Å². The van der Waals surface area contributed by atoms with Gasteiger partial charge in [-0.3, -0.25) is 15.0 Å². The first-order chi connectivity index (χ1) is 13.5. The number of aromatic nitrogens is 1. The molecular formula is C20H27N3O4S. The summed E-state index contributed by atoms with van der Waals surface area (Å²) >= 11 is 1.42. The molecule has 2 atom stereocenters. The number of thiazole rings is 1. The fourth-order valence-corrected chi connectivity index (χ4v) is 3.90. The van der Waals surface area contributed by atoms with E-state index in [2.05, 4.69) is 29.0 Å². The van der Waals surface area contributed by atoms with Gasteiger partial charge >= 0.3 is 0 Å². The molecule has 1 amide bonds. The van der Waals surface area contributed by atoms with Gasteiger partial charge < -0.3 is 14.2 Å². The molecule has 152 valence electrons. The zero-order chi connectivity index (χ0) is 19.9. The number of morpholine rings is 1. The van der Waals surface area contributed by atoms with Gasteiger partial charge in [0.05, 0.1) is 24.5 Å². The molecule has 1 N–H and O–H groups in total. The quantitative estimate of drug-likeness (QED) is 0.727. The number of anilines is 1. The largest absolute Gasteiger partial charge is 0.494 e. The first-order valence-corrected chi connectivity index (χ1v) is 10.4. The first-order valence-electron chi connectivity index (χ1n) is 9.49. The van der Waals surface area contributed by atoms with Gasteiger partial charge in [-0.2, -0.15) is 0 Å². The Morgan fingerprint density at radius 3 is 2.50 bits per heavy atom. The summed E-state index contributed by atoms with van der Waals surface area (Å²) in [5, 5.41) is 5.36. The SMILES string of the molecule is CCOc1ccc(OCC(=O)Nc2nc(CN3C[C@@H](C)O[C@@H](C)C3)cs2)cc1. The minimum atomic E-state index is -0.233. The molecule has 7 nitrogen and oxygen atoms in total. The van der Waals surface area contributed by atoms with Crippen molar-refractivity contribution in [3.05, 3.63) is 35.3 Å². The van der Waals surface area contributed by atoms with Crippen molar-refractivity contribution in [3.63, 3.8) is 0 Å². The van der Waals surface area contributed by atoms with E-state index >= 15 is 0 Å². The second-order valence-corrected chi connectivity index (χ2v) is 7.69. The van der Waals surface area contributed by atoms with Gasteiger partial charge in [-0.15, -0.1) is 11.3 Å². The van der Waals surface area contributed by atoms with Gasteiger partial charge in [0.1, 0.15) is 11.5 Å². The number of hydrogen-bond donors (Lipinski definition) is 1. The predicted octanol–water partition coefficient (Wildman–Crippen LogP) is 3.17. The van der Waals surface area contributed by atoms with Crippen molar-refractivity contribution in [2.24, 2.45) is 0 Å². The minimum Gasteiger partial charge on any atom is -0.494 e. The van der Waals surface area contributed by atoms with E-state index in [1.165, 1.54) is 11.3 Å². The van der Waals surface area contributed by atoms with Crippen molar-refractivity contribution in [3.8, 4) is 11.5 Å². The van der Waals surface area contributed by atoms with Crippen LogP contribution in [0.4, 0.5) is 5.13 Å². The summed E-state index contributed by atoms with van der Waals surface area (Å²) in [4.78, 5) is 19.0. The smallest absolute Gasteiger partial charge is 0.264 e. The molecule has 0 saturated carbocycles. The summed E-state index contributed by atoms with van der Waals surface area (Å²) in [6.07, 6.45) is 0.447. The summed E-state index contributed by atoms with van der Waals surface area (Å²) in [5.74, 6) is 1.16. The molecule has 0 radical (unpaired) electrons. The molecule has 0 aliphatic carbocycles. The van der Waals surface area contributed by atoms with Gasteiger partial charge in [-0.1, -0.05) is 0 Å². The van der Waals surface area contributed by atoms with Gasteiger partial charge in [-0.05, 0) is 45.0 Å². The van der Waals surface area contributed by atoms with Crippen molar-refractivity contribution in [2.45, 2.75) is 39.5 Å². The third kappa shape index (κ3) is 6.19. The maximum Gasteiger partial charge on any atom is 0.264 e. The van der Waals surface area contributed by atoms with E-state index in [1.807, 2.05) is 24.4 Å². The van der Waals surface area contributed by atoms with Crippen LogP contribution in [0.5, 0.6) is 11.5 Å². The standard InChI is InChI=1S/C20H27N3O4S/c1-4-25-17-5-7-18(8-6-17)26-12-19(24)22-20-21-16(13-28-20)11-23-9-14(2)27-15(3)10-23/h5-8,13-15H,4,9-12H2,1-3H3,(H,21,22,24)/t14-,15+. The molecule has 8 heteroatoms. The highest BCUT2D eigenvalue weighted by Gasteiger charge is 2.22. The number of rotatable bonds is 8. The Labute approximate surface area is 169 Å². The molecule has 2 aromatic rings. The number of ether oxygens (including phenoxy) is 3. The highest BCUT2D eigenvalue weighted by Crippen LogP contribution is 2.20. The maximum absolute atomic E-state index is 12.1. The van der Waals surface area contributed by atoms with E-state index in [-0.39, 0.29) is 24.7 Å². The molecule has 1 aromatic heterocycles. The van der Waals surface area contributed by atoms with Crippen LogP contribution in [-0.4, -0.2) is 54.3 Å². The van der Waals surface area contributed by atoms with E-state index in [1.54, 1.807) is 12.1 Å². The number of carbonyl (C=O) groups excluding carboxylic acids is 1. The maximum atomic E-state index is 12.1. The Morgan fingerprint density at radius 1 is 1.21 bits per heavy atom. The van der Waals surface area contributed by atoms with Crippen molar-refractivity contribution >= 4 is 22.4 Å². The molecule has 0 unspecified atom stereocenters. The van der Waals surface area contributed by atoms with Crippen LogP contribution >= 0.6 is 11.3 Å². The monoisotopic (exact) mass is 405 g/mol. The zero-order valence-corrected chi connectivity index (χ0v) is 17.3. The second-order valence-electron chi connectivity index (χ2n) is 6.84. The van der Waals surface area contributed by atoms with E-state index in [0.717, 1.165) is 31.1 Å². The van der Waals surface area contributed by atoms with Crippen molar-refractivity contribution in [1.29, 1.82) is 0 Å². The number of nitrogens with zero attached hydrogens (tertiary/aromatic N) is 2. The summed E-state index contributed by atoms with van der Waals surface area (Å²) in [7, 11) is 0. The van der Waals surface area contributed by atoms with E-state index in [4.69, 9.17) is 14.2 Å². The normalized spacial score (nSPS) is 20.0. The number of amides is 1. The summed E-state index contributed by atoms with van der Waals surface area (Å²) in [5.41, 5.74) is 0.953. The zero-order valence-electron chi connectivity index (χ0n) is 16.5. The lowest BCUT2D eigenvalue weighted by Crippen LogP contribution is -2.44. The first kappa shape index (κ1) is 20.6. The summed E-state index contributed by atoms with van der Waals surface area (Å²) < 4.78 is 16.7. The Bertz CT molecular complexity index is 755. The number of hydrogen-bond acceptors (Lipinski definition) is 7. The van der Waals surface area contributed by atoms with Crippen LogP contribution in [0.3, 0.4) is 0 Å². The molecule has 0 bridgehead atoms. The molecule has 2 heterocycles. The molecule has 1 fully saturated rings. The Balaban J connectivity index is 1.44. The fraction of sp³-hybridized carbons (Fsp3) is 0.500. The Hall–Kier alpha value is -2.16. The van der Waals surface area contributed by atoms with Crippen LogP contribution in [0.15, 0.2) is 29.6 Å². The van der Waals surface area contributed by atoms with Crippen LogP contribution in [0.25, 0.3) is 0 Å². The van der Waals surface area contributed by atoms with Crippen molar-refractivity contribution < 1.29 is 19.0 Å². The molecule has 0 spiro atoms. The van der Waals surface area contributed by atoms with E-state index in [0.29, 0.717) is 17.5 Å². The van der Waals surface area contributed by atoms with Crippen molar-refractivity contribution in [1.82, 2.24) is 9.88 Å². The van der Waals surface area contributed by atoms with Crippen LogP contribution in [0, 0.1) is 0 Å². The van der Waals surface area contributed by atoms with Crippen molar-refractivity contribution in [2.75, 3.05) is 31.6 Å². The predicted molar refractivity (Wildman–Crippen MR) is 109 cm³/mol. The Kier molecular flexibility index (Phi) is 7.24. The lowest BCUT2D eigenvalue weighted by Gasteiger charge is -2.34. The molecule has 28 heavy (non-hydrogen) atoms. The highest BCUT2D eigenvalue weighted by molar-refractivity contribution is 7.13. The molecular weight excluding hydrogens is 378 g/mol. The lowest BCUT2D eigenvalue weighted by molar-refractivity contribution is -0.118. The van der Waals surface area contributed by atoms with Gasteiger partial charge in [0, 0.05) is 25.0 Å². The van der Waals surface area contributed by atoms with E-state index < -0.39 is 0 Å². The summed E-state index contributed by atoms with van der Waals surface area (Å²) in [6.45, 7) is 9.18. The minimum absolute atomic E-state index is 0.0681. The van der Waals surface area contributed by atoms with Gasteiger partial charge in [0.15, 0.2) is 11.7 Å². The third-order valence-corrected chi connectivity index (χ3v) is 4.99. The molecule has 1 aliphatic heterocycles. The van der Waals surface area contributed by atoms with Gasteiger partial charge in [0.2, 0.25) is 0 Å². The third-order valence-electron chi connectivity index (χ3n) is 4.18. The summed E-state index contributed by atoms with van der Waals surface area (Å²) in [6, 6.07) is 7.20. The molecule has 1 saturated heterocycles. The number of carbonyl (C=O) groups is 1. The molecule has 1 aromatic carbocycles. The number of nitrogens with one attached hydrogen (secondary N) is 1. The second kappa shape index (κ2) is 9.86. The molecule has 3 rings (SSSR count). The topological polar surface area (TPSA) is 72.9 Å².